The molecule has 0 aliphatic carbocycles. The van der Waals surface area contributed by atoms with Gasteiger partial charge in [0.2, 0.25) is 0 Å². The van der Waals surface area contributed by atoms with E-state index in [1.165, 1.54) is 11.8 Å². The maximum Gasteiger partial charge on any atom is 0.303 e. The molecule has 27 heavy (non-hydrogen) atoms. The molecule has 0 bridgehead atoms. The van der Waals surface area contributed by atoms with Gasteiger partial charge in [-0.2, -0.15) is 0 Å². The van der Waals surface area contributed by atoms with Gasteiger partial charge in [0.15, 0.2) is 0 Å². The van der Waals surface area contributed by atoms with Crippen LogP contribution in [0.25, 0.3) is 0 Å². The molecule has 3 rings (SSSR count). The summed E-state index contributed by atoms with van der Waals surface area (Å²) >= 11 is 20.0. The highest BCUT2D eigenvalue weighted by Gasteiger charge is 2.22. The third-order valence-electron chi connectivity index (χ3n) is 3.97. The standard InChI is InChI=1S/C19H17Cl3O4S/c20-11-7-15-17(9-12(11)21)27-18-10-14(13(22)8-16(18)26-15)25-6-4-2-1-3-5-19(23)24/h7-10H,1-6H2,(H,23,24). The summed E-state index contributed by atoms with van der Waals surface area (Å²) in [4.78, 5) is 12.2. The van der Waals surface area contributed by atoms with E-state index in [1.807, 2.05) is 6.07 Å². The van der Waals surface area contributed by atoms with Gasteiger partial charge < -0.3 is 14.6 Å². The summed E-state index contributed by atoms with van der Waals surface area (Å²) in [6, 6.07) is 7.06. The molecule has 0 radical (unpaired) electrons. The second-order valence-electron chi connectivity index (χ2n) is 6.05. The van der Waals surface area contributed by atoms with Crippen LogP contribution in [-0.4, -0.2) is 17.7 Å². The van der Waals surface area contributed by atoms with E-state index in [0.717, 1.165) is 29.1 Å². The van der Waals surface area contributed by atoms with Crippen LogP contribution in [0.3, 0.4) is 0 Å². The Kier molecular flexibility index (Phi) is 7.04. The molecule has 144 valence electrons. The summed E-state index contributed by atoms with van der Waals surface area (Å²) in [5.74, 6) is 1.14. The molecule has 1 N–H and O–H groups in total. The van der Waals surface area contributed by atoms with Crippen molar-refractivity contribution in [3.05, 3.63) is 39.3 Å². The van der Waals surface area contributed by atoms with Crippen molar-refractivity contribution in [2.45, 2.75) is 41.9 Å². The van der Waals surface area contributed by atoms with Crippen LogP contribution in [0.4, 0.5) is 0 Å². The second kappa shape index (κ2) is 9.28. The van der Waals surface area contributed by atoms with Crippen molar-refractivity contribution < 1.29 is 19.4 Å². The number of carboxylic acids is 1. The summed E-state index contributed by atoms with van der Waals surface area (Å²) in [5, 5.41) is 10.0. The summed E-state index contributed by atoms with van der Waals surface area (Å²) < 4.78 is 11.7. The molecule has 0 fully saturated rings. The smallest absolute Gasteiger partial charge is 0.303 e. The van der Waals surface area contributed by atoms with Gasteiger partial charge in [0.05, 0.1) is 31.5 Å². The van der Waals surface area contributed by atoms with Crippen LogP contribution >= 0.6 is 46.6 Å². The number of ether oxygens (including phenoxy) is 2. The van der Waals surface area contributed by atoms with Crippen molar-refractivity contribution in [1.82, 2.24) is 0 Å². The molecule has 0 atom stereocenters. The third kappa shape index (κ3) is 5.38. The molecule has 0 aromatic heterocycles. The summed E-state index contributed by atoms with van der Waals surface area (Å²) in [5.41, 5.74) is 0. The first-order valence-electron chi connectivity index (χ1n) is 8.47. The number of benzene rings is 2. The molecule has 0 amide bonds. The van der Waals surface area contributed by atoms with Gasteiger partial charge in [0.1, 0.15) is 17.2 Å². The van der Waals surface area contributed by atoms with E-state index >= 15 is 0 Å². The lowest BCUT2D eigenvalue weighted by atomic mass is 10.1. The largest absolute Gasteiger partial charge is 0.492 e. The molecule has 0 spiro atoms. The Morgan fingerprint density at radius 3 is 2.30 bits per heavy atom. The van der Waals surface area contributed by atoms with Crippen LogP contribution in [0.15, 0.2) is 34.1 Å². The average molecular weight is 448 g/mol. The lowest BCUT2D eigenvalue weighted by Gasteiger charge is -2.21. The predicted molar refractivity (Wildman–Crippen MR) is 108 cm³/mol. The maximum atomic E-state index is 10.5. The van der Waals surface area contributed by atoms with Crippen molar-refractivity contribution in [2.75, 3.05) is 6.61 Å². The highest BCUT2D eigenvalue weighted by Crippen LogP contribution is 2.51. The normalized spacial score (nSPS) is 12.1. The minimum Gasteiger partial charge on any atom is -0.492 e. The Morgan fingerprint density at radius 2 is 1.56 bits per heavy atom. The van der Waals surface area contributed by atoms with E-state index in [9.17, 15) is 4.79 Å². The van der Waals surface area contributed by atoms with Crippen LogP contribution in [0.2, 0.25) is 15.1 Å². The van der Waals surface area contributed by atoms with E-state index in [2.05, 4.69) is 0 Å². The first-order valence-corrected chi connectivity index (χ1v) is 10.4. The van der Waals surface area contributed by atoms with Crippen molar-refractivity contribution in [2.24, 2.45) is 0 Å². The van der Waals surface area contributed by atoms with Gasteiger partial charge >= 0.3 is 5.97 Å². The molecule has 0 unspecified atom stereocenters. The van der Waals surface area contributed by atoms with Crippen LogP contribution in [0.1, 0.15) is 32.1 Å². The number of halogens is 3. The van der Waals surface area contributed by atoms with Gasteiger partial charge in [-0.25, -0.2) is 0 Å². The SMILES string of the molecule is O=C(O)CCCCCCOc1cc2c(cc1Cl)Oc1cc(Cl)c(Cl)cc1S2. The van der Waals surface area contributed by atoms with Gasteiger partial charge in [0.25, 0.3) is 0 Å². The van der Waals surface area contributed by atoms with Crippen LogP contribution < -0.4 is 9.47 Å². The zero-order valence-electron chi connectivity index (χ0n) is 14.3. The zero-order valence-corrected chi connectivity index (χ0v) is 17.4. The monoisotopic (exact) mass is 446 g/mol. The van der Waals surface area contributed by atoms with Crippen LogP contribution in [0.5, 0.6) is 17.2 Å². The highest BCUT2D eigenvalue weighted by molar-refractivity contribution is 7.99. The quantitative estimate of drug-likeness (QED) is 0.367. The van der Waals surface area contributed by atoms with Crippen LogP contribution in [0, 0.1) is 0 Å². The highest BCUT2D eigenvalue weighted by atomic mass is 35.5. The molecule has 0 saturated heterocycles. The molecule has 0 saturated carbocycles. The molecule has 1 aliphatic rings. The molecule has 4 nitrogen and oxygen atoms in total. The van der Waals surface area contributed by atoms with E-state index < -0.39 is 5.97 Å². The van der Waals surface area contributed by atoms with Gasteiger partial charge in [-0.3, -0.25) is 4.79 Å². The number of carbonyl (C=O) groups is 1. The van der Waals surface area contributed by atoms with Crippen molar-refractivity contribution in [3.8, 4) is 17.2 Å². The minimum absolute atomic E-state index is 0.214. The van der Waals surface area contributed by atoms with E-state index in [1.54, 1.807) is 18.2 Å². The van der Waals surface area contributed by atoms with Crippen molar-refractivity contribution >= 4 is 52.5 Å². The van der Waals surface area contributed by atoms with Gasteiger partial charge in [-0.1, -0.05) is 59.4 Å². The lowest BCUT2D eigenvalue weighted by Crippen LogP contribution is -2.01. The third-order valence-corrected chi connectivity index (χ3v) is 6.06. The van der Waals surface area contributed by atoms with Gasteiger partial charge in [0, 0.05) is 18.6 Å². The maximum absolute atomic E-state index is 10.5. The number of hydrogen-bond acceptors (Lipinski definition) is 4. The fourth-order valence-corrected chi connectivity index (χ4v) is 4.18. The van der Waals surface area contributed by atoms with Crippen molar-refractivity contribution in [1.29, 1.82) is 0 Å². The number of unbranched alkanes of at least 4 members (excludes halogenated alkanes) is 3. The lowest BCUT2D eigenvalue weighted by molar-refractivity contribution is -0.137. The molecule has 2 aromatic rings. The Labute approximate surface area is 176 Å². The fraction of sp³-hybridized carbons (Fsp3) is 0.316. The summed E-state index contributed by atoms with van der Waals surface area (Å²) in [6.45, 7) is 0.523. The zero-order chi connectivity index (χ0) is 19.4. The van der Waals surface area contributed by atoms with E-state index in [-0.39, 0.29) is 6.42 Å². The van der Waals surface area contributed by atoms with Gasteiger partial charge in [-0.15, -0.1) is 0 Å². The Balaban J connectivity index is 1.58. The molecular weight excluding hydrogens is 431 g/mol. The van der Waals surface area contributed by atoms with E-state index in [0.29, 0.717) is 45.3 Å². The molecular formula is C19H17Cl3O4S. The molecule has 1 aliphatic heterocycles. The Hall–Kier alpha value is -1.27. The summed E-state index contributed by atoms with van der Waals surface area (Å²) in [6.07, 6.45) is 3.53. The topological polar surface area (TPSA) is 55.8 Å². The Bertz CT molecular complexity index is 857. The number of hydrogen-bond donors (Lipinski definition) is 1. The molecule has 2 aromatic carbocycles. The fourth-order valence-electron chi connectivity index (χ4n) is 2.61. The second-order valence-corrected chi connectivity index (χ2v) is 8.36. The molecule has 8 heteroatoms. The van der Waals surface area contributed by atoms with Crippen molar-refractivity contribution in [3.63, 3.8) is 0 Å². The first-order chi connectivity index (χ1) is 12.9. The van der Waals surface area contributed by atoms with Crippen LogP contribution in [-0.2, 0) is 4.79 Å². The number of fused-ring (bicyclic) bond motifs is 2. The number of rotatable bonds is 8. The number of aliphatic carboxylic acids is 1. The number of carboxylic acid groups (broad SMARTS) is 1. The predicted octanol–water partition coefficient (Wildman–Crippen LogP) is 7.32. The average Bonchev–Trinajstić information content (AvgIpc) is 2.61. The minimum atomic E-state index is -0.753. The summed E-state index contributed by atoms with van der Waals surface area (Å²) in [7, 11) is 0. The Morgan fingerprint density at radius 1 is 0.926 bits per heavy atom. The van der Waals surface area contributed by atoms with E-state index in [4.69, 9.17) is 49.4 Å². The first kappa shape index (κ1) is 20.5. The molecule has 1 heterocycles. The van der Waals surface area contributed by atoms with Gasteiger partial charge in [-0.05, 0) is 25.0 Å².